The summed E-state index contributed by atoms with van der Waals surface area (Å²) in [4.78, 5) is 4.21. The molecule has 1 aliphatic rings. The number of nitrogens with two attached hydrogens (primary N) is 1. The molecular weight excluding hydrogens is 204 g/mol. The predicted octanol–water partition coefficient (Wildman–Crippen LogP) is 0.940. The summed E-state index contributed by atoms with van der Waals surface area (Å²) in [5, 5.41) is 4.19. The van der Waals surface area contributed by atoms with Crippen LogP contribution in [0.5, 0.6) is 0 Å². The molecule has 0 unspecified atom stereocenters. The monoisotopic (exact) mass is 224 g/mol. The largest absolute Gasteiger partial charge is 0.370 e. The molecule has 90 valence electrons. The second kappa shape index (κ2) is 4.93. The smallest absolute Gasteiger partial charge is 0.152 e. The number of rotatable bonds is 5. The van der Waals surface area contributed by atoms with Crippen LogP contribution in [0.4, 0.5) is 0 Å². The molecule has 1 aliphatic carbocycles. The average molecular weight is 224 g/mol. The van der Waals surface area contributed by atoms with Gasteiger partial charge in [-0.2, -0.15) is 5.10 Å². The zero-order chi connectivity index (χ0) is 11.5. The van der Waals surface area contributed by atoms with Crippen molar-refractivity contribution in [2.75, 3.05) is 0 Å². The molecule has 0 amide bonds. The van der Waals surface area contributed by atoms with Gasteiger partial charge in [0.25, 0.3) is 0 Å². The van der Waals surface area contributed by atoms with Crippen LogP contribution >= 0.6 is 0 Å². The molecule has 0 bridgehead atoms. The van der Waals surface area contributed by atoms with E-state index < -0.39 is 0 Å². The molecule has 16 heavy (non-hydrogen) atoms. The maximum Gasteiger partial charge on any atom is 0.152 e. The molecule has 1 saturated carbocycles. The summed E-state index contributed by atoms with van der Waals surface area (Å²) in [6, 6.07) is 0.332. The molecule has 5 nitrogen and oxygen atoms in total. The number of hydrogen-bond acceptors (Lipinski definition) is 4. The van der Waals surface area contributed by atoms with Gasteiger partial charge in [-0.15, -0.1) is 0 Å². The average Bonchev–Trinajstić information content (AvgIpc) is 2.57. The summed E-state index contributed by atoms with van der Waals surface area (Å²) in [6.07, 6.45) is 3.85. The minimum atomic E-state index is 0.319. The Morgan fingerprint density at radius 2 is 2.31 bits per heavy atom. The highest BCUT2D eigenvalue weighted by Gasteiger charge is 2.26. The molecule has 1 aromatic heterocycles. The zero-order valence-corrected chi connectivity index (χ0v) is 9.97. The highest BCUT2D eigenvalue weighted by Crippen LogP contribution is 2.22. The Morgan fingerprint density at radius 3 is 2.94 bits per heavy atom. The third-order valence-electron chi connectivity index (χ3n) is 2.81. The lowest BCUT2D eigenvalue weighted by atomic mass is 9.90. The summed E-state index contributed by atoms with van der Waals surface area (Å²) < 4.78 is 7.63. The van der Waals surface area contributed by atoms with Crippen molar-refractivity contribution in [2.24, 2.45) is 11.7 Å². The van der Waals surface area contributed by atoms with E-state index in [0.717, 1.165) is 25.2 Å². The Balaban J connectivity index is 1.82. The molecule has 2 rings (SSSR count). The van der Waals surface area contributed by atoms with Crippen LogP contribution in [-0.2, 0) is 17.9 Å². The van der Waals surface area contributed by atoms with Crippen molar-refractivity contribution >= 4 is 0 Å². The highest BCUT2D eigenvalue weighted by atomic mass is 16.5. The van der Waals surface area contributed by atoms with E-state index in [0.29, 0.717) is 24.7 Å². The second-order valence-corrected chi connectivity index (χ2v) is 4.92. The highest BCUT2D eigenvalue weighted by molar-refractivity contribution is 4.86. The first-order valence-corrected chi connectivity index (χ1v) is 5.89. The van der Waals surface area contributed by atoms with Gasteiger partial charge in [0.05, 0.1) is 6.10 Å². The lowest BCUT2D eigenvalue weighted by Gasteiger charge is -2.32. The van der Waals surface area contributed by atoms with Gasteiger partial charge in [-0.1, -0.05) is 13.8 Å². The van der Waals surface area contributed by atoms with Crippen molar-refractivity contribution in [3.05, 3.63) is 12.2 Å². The number of aromatic nitrogens is 3. The van der Waals surface area contributed by atoms with Gasteiger partial charge in [0.2, 0.25) is 0 Å². The molecule has 5 heteroatoms. The fraction of sp³-hybridized carbons (Fsp3) is 0.818. The Hall–Kier alpha value is -0.940. The molecule has 0 aliphatic heterocycles. The summed E-state index contributed by atoms with van der Waals surface area (Å²) in [7, 11) is 0. The van der Waals surface area contributed by atoms with Gasteiger partial charge in [-0.25, -0.2) is 9.67 Å². The lowest BCUT2D eigenvalue weighted by molar-refractivity contribution is -0.0231. The molecule has 2 N–H and O–H groups in total. The number of ether oxygens (including phenoxy) is 1. The molecule has 0 aromatic carbocycles. The van der Waals surface area contributed by atoms with Crippen LogP contribution in [0.15, 0.2) is 6.33 Å². The Morgan fingerprint density at radius 1 is 1.56 bits per heavy atom. The van der Waals surface area contributed by atoms with Crippen molar-refractivity contribution in [1.29, 1.82) is 0 Å². The predicted molar refractivity (Wildman–Crippen MR) is 60.6 cm³/mol. The fourth-order valence-corrected chi connectivity index (χ4v) is 1.83. The molecule has 0 atom stereocenters. The first kappa shape index (κ1) is 11.5. The van der Waals surface area contributed by atoms with Gasteiger partial charge in [0.15, 0.2) is 5.82 Å². The van der Waals surface area contributed by atoms with Crippen LogP contribution < -0.4 is 5.73 Å². The Bertz CT molecular complexity index is 330. The van der Waals surface area contributed by atoms with Gasteiger partial charge in [-0.05, 0) is 18.8 Å². The fourth-order valence-electron chi connectivity index (χ4n) is 1.83. The molecule has 1 heterocycles. The summed E-state index contributed by atoms with van der Waals surface area (Å²) >= 11 is 0. The van der Waals surface area contributed by atoms with Gasteiger partial charge < -0.3 is 10.5 Å². The molecule has 0 saturated heterocycles. The normalized spacial score (nSPS) is 24.8. The van der Waals surface area contributed by atoms with Crippen molar-refractivity contribution in [2.45, 2.75) is 52.0 Å². The second-order valence-electron chi connectivity index (χ2n) is 4.92. The first-order valence-electron chi connectivity index (χ1n) is 5.89. The SMILES string of the molecule is CC(C)Cn1ncnc1COC1CC(N)C1. The maximum absolute atomic E-state index is 5.71. The van der Waals surface area contributed by atoms with Crippen LogP contribution in [0.1, 0.15) is 32.5 Å². The third kappa shape index (κ3) is 2.80. The van der Waals surface area contributed by atoms with Crippen LogP contribution in [0.25, 0.3) is 0 Å². The van der Waals surface area contributed by atoms with Crippen molar-refractivity contribution in [1.82, 2.24) is 14.8 Å². The maximum atomic E-state index is 5.71. The van der Waals surface area contributed by atoms with E-state index >= 15 is 0 Å². The van der Waals surface area contributed by atoms with E-state index in [1.807, 2.05) is 4.68 Å². The standard InChI is InChI=1S/C11H20N4O/c1-8(2)5-15-11(13-7-14-15)6-16-10-3-9(12)4-10/h7-10H,3-6,12H2,1-2H3. The minimum absolute atomic E-state index is 0.319. The van der Waals surface area contributed by atoms with Gasteiger partial charge >= 0.3 is 0 Å². The summed E-state index contributed by atoms with van der Waals surface area (Å²) in [5.41, 5.74) is 5.70. The molecule has 1 fully saturated rings. The van der Waals surface area contributed by atoms with Gasteiger partial charge in [-0.3, -0.25) is 0 Å². The number of nitrogens with zero attached hydrogens (tertiary/aromatic N) is 3. The zero-order valence-electron chi connectivity index (χ0n) is 9.97. The van der Waals surface area contributed by atoms with E-state index in [1.165, 1.54) is 0 Å². The Kier molecular flexibility index (Phi) is 3.56. The minimum Gasteiger partial charge on any atom is -0.370 e. The molecule has 0 spiro atoms. The van der Waals surface area contributed by atoms with E-state index in [9.17, 15) is 0 Å². The van der Waals surface area contributed by atoms with Crippen LogP contribution in [0, 0.1) is 5.92 Å². The molecule has 0 radical (unpaired) electrons. The van der Waals surface area contributed by atoms with E-state index in [-0.39, 0.29) is 0 Å². The lowest BCUT2D eigenvalue weighted by Crippen LogP contribution is -2.41. The number of hydrogen-bond donors (Lipinski definition) is 1. The van der Waals surface area contributed by atoms with Crippen molar-refractivity contribution in [3.8, 4) is 0 Å². The van der Waals surface area contributed by atoms with Gasteiger partial charge in [0, 0.05) is 12.6 Å². The van der Waals surface area contributed by atoms with Gasteiger partial charge in [0.1, 0.15) is 12.9 Å². The van der Waals surface area contributed by atoms with E-state index in [4.69, 9.17) is 10.5 Å². The third-order valence-corrected chi connectivity index (χ3v) is 2.81. The molecule has 1 aromatic rings. The van der Waals surface area contributed by atoms with E-state index in [1.54, 1.807) is 6.33 Å². The topological polar surface area (TPSA) is 66.0 Å². The summed E-state index contributed by atoms with van der Waals surface area (Å²) in [6.45, 7) is 5.77. The van der Waals surface area contributed by atoms with Crippen molar-refractivity contribution < 1.29 is 4.74 Å². The van der Waals surface area contributed by atoms with Crippen LogP contribution in [-0.4, -0.2) is 26.9 Å². The van der Waals surface area contributed by atoms with Crippen LogP contribution in [0.3, 0.4) is 0 Å². The first-order chi connectivity index (χ1) is 7.65. The molecular formula is C11H20N4O. The van der Waals surface area contributed by atoms with Crippen molar-refractivity contribution in [3.63, 3.8) is 0 Å². The quantitative estimate of drug-likeness (QED) is 0.808. The van der Waals surface area contributed by atoms with Crippen LogP contribution in [0.2, 0.25) is 0 Å². The summed E-state index contributed by atoms with van der Waals surface area (Å²) in [5.74, 6) is 1.48. The Labute approximate surface area is 96.0 Å². The van der Waals surface area contributed by atoms with E-state index in [2.05, 4.69) is 23.9 Å².